The van der Waals surface area contributed by atoms with Gasteiger partial charge in [0.2, 0.25) is 0 Å². The molecule has 2 aromatic carbocycles. The second-order valence-electron chi connectivity index (χ2n) is 5.91. The smallest absolute Gasteiger partial charge is 0.155 e. The lowest BCUT2D eigenvalue weighted by Gasteiger charge is -2.31. The third-order valence-corrected chi connectivity index (χ3v) is 3.74. The largest absolute Gasteiger partial charge is 0.373 e. The maximum absolute atomic E-state index is 11.3. The number of benzene rings is 2. The van der Waals surface area contributed by atoms with Crippen molar-refractivity contribution in [2.45, 2.75) is 12.5 Å². The van der Waals surface area contributed by atoms with Crippen LogP contribution in [0.1, 0.15) is 18.1 Å². The van der Waals surface area contributed by atoms with Gasteiger partial charge in [-0.25, -0.2) is 0 Å². The van der Waals surface area contributed by atoms with Crippen molar-refractivity contribution in [3.8, 4) is 11.8 Å². The van der Waals surface area contributed by atoms with Crippen LogP contribution in [0.3, 0.4) is 0 Å². The summed E-state index contributed by atoms with van der Waals surface area (Å²) in [7, 11) is 4.01. The van der Waals surface area contributed by atoms with Gasteiger partial charge in [0.05, 0.1) is 0 Å². The number of nitrogens with zero attached hydrogens (tertiary/aromatic N) is 1. The predicted octanol–water partition coefficient (Wildman–Crippen LogP) is 3.12. The predicted molar refractivity (Wildman–Crippen MR) is 91.4 cm³/mol. The van der Waals surface area contributed by atoms with Gasteiger partial charge < -0.3 is 10.0 Å². The fourth-order valence-electron chi connectivity index (χ4n) is 2.54. The highest BCUT2D eigenvalue weighted by Gasteiger charge is 2.34. The fourth-order valence-corrected chi connectivity index (χ4v) is 2.54. The van der Waals surface area contributed by atoms with Crippen molar-refractivity contribution in [2.75, 3.05) is 20.6 Å². The number of aliphatic hydroxyl groups is 1. The van der Waals surface area contributed by atoms with E-state index in [0.29, 0.717) is 0 Å². The molecule has 0 heterocycles. The van der Waals surface area contributed by atoms with Crippen LogP contribution in [0.4, 0.5) is 0 Å². The summed E-state index contributed by atoms with van der Waals surface area (Å²) in [6, 6.07) is 19.5. The average molecular weight is 293 g/mol. The zero-order chi connectivity index (χ0) is 16.0. The van der Waals surface area contributed by atoms with Gasteiger partial charge in [-0.15, -0.1) is 0 Å². The molecular weight excluding hydrogens is 270 g/mol. The molecule has 0 amide bonds. The van der Waals surface area contributed by atoms with E-state index in [9.17, 15) is 5.11 Å². The van der Waals surface area contributed by atoms with Crippen LogP contribution in [0.5, 0.6) is 0 Å². The molecule has 2 nitrogen and oxygen atoms in total. The van der Waals surface area contributed by atoms with Crippen LogP contribution in [-0.2, 0) is 5.60 Å². The molecule has 0 saturated heterocycles. The summed E-state index contributed by atoms with van der Waals surface area (Å²) in [5, 5.41) is 11.3. The molecule has 0 aliphatic rings. The van der Waals surface area contributed by atoms with Crippen molar-refractivity contribution in [1.29, 1.82) is 0 Å². The van der Waals surface area contributed by atoms with Crippen LogP contribution in [0, 0.1) is 17.8 Å². The highest BCUT2D eigenvalue weighted by molar-refractivity contribution is 5.40. The molecule has 0 aliphatic heterocycles. The van der Waals surface area contributed by atoms with Crippen molar-refractivity contribution >= 4 is 0 Å². The van der Waals surface area contributed by atoms with E-state index in [-0.39, 0.29) is 5.92 Å². The molecule has 0 radical (unpaired) electrons. The SMILES string of the molecule is CC(CN(C)C)C(O)(C#Cc1ccccc1)c1ccccc1. The molecule has 1 N–H and O–H groups in total. The first-order valence-electron chi connectivity index (χ1n) is 7.53. The van der Waals surface area contributed by atoms with Gasteiger partial charge in [-0.3, -0.25) is 0 Å². The Hall–Kier alpha value is -2.08. The Morgan fingerprint density at radius 1 is 1.00 bits per heavy atom. The fraction of sp³-hybridized carbons (Fsp3) is 0.300. The molecule has 2 aromatic rings. The Kier molecular flexibility index (Phi) is 5.38. The molecule has 2 unspecified atom stereocenters. The minimum atomic E-state index is -1.17. The summed E-state index contributed by atoms with van der Waals surface area (Å²) in [4.78, 5) is 2.07. The van der Waals surface area contributed by atoms with E-state index in [2.05, 4.69) is 16.7 Å². The Labute approximate surface area is 133 Å². The minimum Gasteiger partial charge on any atom is -0.373 e. The standard InChI is InChI=1S/C20H23NO/c1-17(16-21(2)3)20(22,19-12-8-5-9-13-19)15-14-18-10-6-4-7-11-18/h4-13,17,22H,16H2,1-3H3. The van der Waals surface area contributed by atoms with Crippen molar-refractivity contribution in [2.24, 2.45) is 5.92 Å². The molecule has 22 heavy (non-hydrogen) atoms. The average Bonchev–Trinajstić information content (AvgIpc) is 2.53. The first-order chi connectivity index (χ1) is 10.5. The van der Waals surface area contributed by atoms with Crippen LogP contribution in [0.2, 0.25) is 0 Å². The molecular formula is C20H23NO. The zero-order valence-corrected chi connectivity index (χ0v) is 13.5. The zero-order valence-electron chi connectivity index (χ0n) is 13.5. The Bertz CT molecular complexity index is 640. The quantitative estimate of drug-likeness (QED) is 0.876. The second-order valence-corrected chi connectivity index (χ2v) is 5.91. The maximum Gasteiger partial charge on any atom is 0.155 e. The molecule has 0 bridgehead atoms. The summed E-state index contributed by atoms with van der Waals surface area (Å²) >= 11 is 0. The minimum absolute atomic E-state index is 0.0129. The molecule has 0 saturated carbocycles. The monoisotopic (exact) mass is 293 g/mol. The van der Waals surface area contributed by atoms with E-state index in [4.69, 9.17) is 0 Å². The number of hydrogen-bond donors (Lipinski definition) is 1. The van der Waals surface area contributed by atoms with Crippen molar-refractivity contribution < 1.29 is 5.11 Å². The first kappa shape index (κ1) is 16.3. The molecule has 0 aliphatic carbocycles. The summed E-state index contributed by atoms with van der Waals surface area (Å²) in [5.41, 5.74) is 0.586. The molecule has 0 aromatic heterocycles. The van der Waals surface area contributed by atoms with Gasteiger partial charge >= 0.3 is 0 Å². The molecule has 2 heteroatoms. The Morgan fingerprint density at radius 2 is 1.55 bits per heavy atom. The van der Waals surface area contributed by atoms with Crippen molar-refractivity contribution in [3.05, 3.63) is 71.8 Å². The Morgan fingerprint density at radius 3 is 2.09 bits per heavy atom. The molecule has 2 rings (SSSR count). The van der Waals surface area contributed by atoms with Gasteiger partial charge in [0.25, 0.3) is 0 Å². The first-order valence-corrected chi connectivity index (χ1v) is 7.53. The van der Waals surface area contributed by atoms with Crippen molar-refractivity contribution in [1.82, 2.24) is 4.90 Å². The van der Waals surface area contributed by atoms with E-state index < -0.39 is 5.60 Å². The van der Waals surface area contributed by atoms with Crippen molar-refractivity contribution in [3.63, 3.8) is 0 Å². The highest BCUT2D eigenvalue weighted by Crippen LogP contribution is 2.29. The van der Waals surface area contributed by atoms with Gasteiger partial charge in [0, 0.05) is 18.0 Å². The van der Waals surface area contributed by atoms with Crippen LogP contribution in [0.15, 0.2) is 60.7 Å². The molecule has 0 fully saturated rings. The van der Waals surface area contributed by atoms with E-state index in [1.165, 1.54) is 0 Å². The third kappa shape index (κ3) is 3.98. The van der Waals surface area contributed by atoms with E-state index >= 15 is 0 Å². The lowest BCUT2D eigenvalue weighted by Crippen LogP contribution is -2.38. The molecule has 0 spiro atoms. The molecule has 114 valence electrons. The van der Waals surface area contributed by atoms with Gasteiger partial charge in [-0.1, -0.05) is 67.3 Å². The summed E-state index contributed by atoms with van der Waals surface area (Å²) in [5.74, 6) is 6.22. The maximum atomic E-state index is 11.3. The van der Waals surface area contributed by atoms with Gasteiger partial charge in [-0.05, 0) is 31.8 Å². The van der Waals surface area contributed by atoms with Crippen LogP contribution < -0.4 is 0 Å². The van der Waals surface area contributed by atoms with Gasteiger partial charge in [-0.2, -0.15) is 0 Å². The van der Waals surface area contributed by atoms with Crippen LogP contribution in [-0.4, -0.2) is 30.6 Å². The summed E-state index contributed by atoms with van der Waals surface area (Å²) < 4.78 is 0. The van der Waals surface area contributed by atoms with Crippen LogP contribution >= 0.6 is 0 Å². The lowest BCUT2D eigenvalue weighted by atomic mass is 9.82. The van der Waals surface area contributed by atoms with Gasteiger partial charge in [0.1, 0.15) is 0 Å². The topological polar surface area (TPSA) is 23.5 Å². The van der Waals surface area contributed by atoms with E-state index in [1.807, 2.05) is 81.7 Å². The second kappa shape index (κ2) is 7.26. The Balaban J connectivity index is 2.40. The summed E-state index contributed by atoms with van der Waals surface area (Å²) in [6.45, 7) is 2.79. The lowest BCUT2D eigenvalue weighted by molar-refractivity contribution is 0.0305. The number of hydrogen-bond acceptors (Lipinski definition) is 2. The number of rotatable bonds is 4. The third-order valence-electron chi connectivity index (χ3n) is 3.74. The highest BCUT2D eigenvalue weighted by atomic mass is 16.3. The van der Waals surface area contributed by atoms with Crippen LogP contribution in [0.25, 0.3) is 0 Å². The normalized spacial score (nSPS) is 14.8. The summed E-state index contributed by atoms with van der Waals surface area (Å²) in [6.07, 6.45) is 0. The van der Waals surface area contributed by atoms with E-state index in [0.717, 1.165) is 17.7 Å². The molecule has 2 atom stereocenters. The van der Waals surface area contributed by atoms with E-state index in [1.54, 1.807) is 0 Å². The van der Waals surface area contributed by atoms with Gasteiger partial charge in [0.15, 0.2) is 5.60 Å².